The van der Waals surface area contributed by atoms with Gasteiger partial charge >= 0.3 is 0 Å². The van der Waals surface area contributed by atoms with Crippen LogP contribution in [0.2, 0.25) is 0 Å². The Morgan fingerprint density at radius 3 is 2.67 bits per heavy atom. The summed E-state index contributed by atoms with van der Waals surface area (Å²) in [7, 11) is 0. The van der Waals surface area contributed by atoms with E-state index in [0.29, 0.717) is 0 Å². The molecule has 4 heteroatoms. The molecule has 0 aromatic carbocycles. The van der Waals surface area contributed by atoms with Crippen molar-refractivity contribution in [1.29, 1.82) is 5.26 Å². The molecule has 0 saturated heterocycles. The average molecular weight is 206 g/mol. The minimum atomic E-state index is -0.484. The van der Waals surface area contributed by atoms with Gasteiger partial charge in [-0.15, -0.1) is 0 Å². The second kappa shape index (κ2) is 4.65. The summed E-state index contributed by atoms with van der Waals surface area (Å²) in [6, 6.07) is 3.27. The fourth-order valence-electron chi connectivity index (χ4n) is 1.16. The highest BCUT2D eigenvalue weighted by Crippen LogP contribution is 2.09. The fraction of sp³-hybridized carbons (Fsp3) is 0.455. The van der Waals surface area contributed by atoms with Crippen molar-refractivity contribution in [3.05, 3.63) is 23.7 Å². The summed E-state index contributed by atoms with van der Waals surface area (Å²) in [5, 5.41) is 11.4. The van der Waals surface area contributed by atoms with E-state index in [1.165, 1.54) is 6.26 Å². The average Bonchev–Trinajstić information content (AvgIpc) is 2.60. The highest BCUT2D eigenvalue weighted by molar-refractivity contribution is 5.93. The van der Waals surface area contributed by atoms with Crippen LogP contribution in [-0.4, -0.2) is 11.9 Å². The maximum atomic E-state index is 11.6. The van der Waals surface area contributed by atoms with Gasteiger partial charge in [0.05, 0.1) is 12.3 Å². The van der Waals surface area contributed by atoms with E-state index < -0.39 is 6.04 Å². The van der Waals surface area contributed by atoms with Gasteiger partial charge in [0.15, 0.2) is 5.76 Å². The number of carbonyl (C=O) groups excluding carboxylic acids is 1. The molecule has 1 amide bonds. The first-order valence-corrected chi connectivity index (χ1v) is 4.80. The number of furan rings is 1. The molecule has 0 bridgehead atoms. The standard InChI is InChI=1S/C11H14N2O2/c1-7(2)9(6-12)13-11(14)10-8(3)4-5-15-10/h4-5,7,9H,1-3H3,(H,13,14). The summed E-state index contributed by atoms with van der Waals surface area (Å²) < 4.78 is 5.03. The normalized spacial score (nSPS) is 12.2. The zero-order valence-electron chi connectivity index (χ0n) is 9.07. The Hall–Kier alpha value is -1.76. The number of hydrogen-bond acceptors (Lipinski definition) is 3. The third kappa shape index (κ3) is 2.59. The first kappa shape index (κ1) is 11.3. The first-order chi connectivity index (χ1) is 7.06. The van der Waals surface area contributed by atoms with Crippen LogP contribution in [0.15, 0.2) is 16.7 Å². The Bertz CT molecular complexity index is 388. The molecule has 1 aromatic rings. The van der Waals surface area contributed by atoms with Crippen LogP contribution in [0.1, 0.15) is 30.0 Å². The van der Waals surface area contributed by atoms with Crippen molar-refractivity contribution in [3.63, 3.8) is 0 Å². The molecule has 80 valence electrons. The maximum Gasteiger partial charge on any atom is 0.288 e. The van der Waals surface area contributed by atoms with Gasteiger partial charge in [0, 0.05) is 5.56 Å². The van der Waals surface area contributed by atoms with E-state index in [-0.39, 0.29) is 17.6 Å². The van der Waals surface area contributed by atoms with Crippen molar-refractivity contribution in [1.82, 2.24) is 5.32 Å². The van der Waals surface area contributed by atoms with Crippen molar-refractivity contribution < 1.29 is 9.21 Å². The van der Waals surface area contributed by atoms with E-state index >= 15 is 0 Å². The van der Waals surface area contributed by atoms with E-state index in [1.54, 1.807) is 13.0 Å². The molecule has 0 aliphatic rings. The third-order valence-electron chi connectivity index (χ3n) is 2.16. The molecular weight excluding hydrogens is 192 g/mol. The van der Waals surface area contributed by atoms with Gasteiger partial charge in [-0.3, -0.25) is 4.79 Å². The molecule has 1 unspecified atom stereocenters. The van der Waals surface area contributed by atoms with Gasteiger partial charge in [-0.1, -0.05) is 13.8 Å². The predicted octanol–water partition coefficient (Wildman–Crippen LogP) is 1.87. The summed E-state index contributed by atoms with van der Waals surface area (Å²) in [6.45, 7) is 5.54. The Kier molecular flexibility index (Phi) is 3.51. The van der Waals surface area contributed by atoms with Gasteiger partial charge < -0.3 is 9.73 Å². The number of hydrogen-bond donors (Lipinski definition) is 1. The molecule has 1 heterocycles. The summed E-state index contributed by atoms with van der Waals surface area (Å²) in [6.07, 6.45) is 1.46. The first-order valence-electron chi connectivity index (χ1n) is 4.80. The van der Waals surface area contributed by atoms with Gasteiger partial charge in [0.2, 0.25) is 0 Å². The monoisotopic (exact) mass is 206 g/mol. The molecule has 0 saturated carbocycles. The topological polar surface area (TPSA) is 66.0 Å². The van der Waals surface area contributed by atoms with Crippen molar-refractivity contribution >= 4 is 5.91 Å². The highest BCUT2D eigenvalue weighted by atomic mass is 16.3. The van der Waals surface area contributed by atoms with Gasteiger partial charge in [-0.05, 0) is 18.9 Å². The molecule has 4 nitrogen and oxygen atoms in total. The van der Waals surface area contributed by atoms with Crippen molar-refractivity contribution in [2.45, 2.75) is 26.8 Å². The van der Waals surface area contributed by atoms with Crippen LogP contribution in [0.4, 0.5) is 0 Å². The zero-order chi connectivity index (χ0) is 11.4. The Morgan fingerprint density at radius 2 is 2.27 bits per heavy atom. The SMILES string of the molecule is Cc1ccoc1C(=O)NC(C#N)C(C)C. The maximum absolute atomic E-state index is 11.6. The van der Waals surface area contributed by atoms with Gasteiger partial charge in [-0.25, -0.2) is 0 Å². The summed E-state index contributed by atoms with van der Waals surface area (Å²) in [4.78, 5) is 11.6. The molecule has 1 atom stereocenters. The molecule has 0 aliphatic heterocycles. The minimum absolute atomic E-state index is 0.0780. The number of amides is 1. The van der Waals surface area contributed by atoms with E-state index in [2.05, 4.69) is 5.32 Å². The second-order valence-electron chi connectivity index (χ2n) is 3.76. The minimum Gasteiger partial charge on any atom is -0.459 e. The summed E-state index contributed by atoms with van der Waals surface area (Å²) >= 11 is 0. The Labute approximate surface area is 88.9 Å². The molecular formula is C11H14N2O2. The lowest BCUT2D eigenvalue weighted by Gasteiger charge is -2.13. The van der Waals surface area contributed by atoms with Crippen molar-refractivity contribution in [2.75, 3.05) is 0 Å². The van der Waals surface area contributed by atoms with E-state index in [0.717, 1.165) is 5.56 Å². The number of carbonyl (C=O) groups is 1. The van der Waals surface area contributed by atoms with Gasteiger partial charge in [0.25, 0.3) is 5.91 Å². The molecule has 1 N–H and O–H groups in total. The molecule has 1 rings (SSSR count). The van der Waals surface area contributed by atoms with Crippen LogP contribution in [0.5, 0.6) is 0 Å². The van der Waals surface area contributed by atoms with Gasteiger partial charge in [0.1, 0.15) is 6.04 Å². The number of nitrogens with zero attached hydrogens (tertiary/aromatic N) is 1. The fourth-order valence-corrected chi connectivity index (χ4v) is 1.16. The van der Waals surface area contributed by atoms with E-state index in [9.17, 15) is 4.79 Å². The lowest BCUT2D eigenvalue weighted by molar-refractivity contribution is 0.0909. The molecule has 1 aromatic heterocycles. The Balaban J connectivity index is 2.72. The smallest absolute Gasteiger partial charge is 0.288 e. The largest absolute Gasteiger partial charge is 0.459 e. The van der Waals surface area contributed by atoms with Crippen molar-refractivity contribution in [2.24, 2.45) is 5.92 Å². The summed E-state index contributed by atoms with van der Waals surface area (Å²) in [5.74, 6) is 0.0165. The molecule has 0 spiro atoms. The van der Waals surface area contributed by atoms with Crippen LogP contribution in [0.25, 0.3) is 0 Å². The lowest BCUT2D eigenvalue weighted by atomic mass is 10.1. The molecule has 15 heavy (non-hydrogen) atoms. The Morgan fingerprint density at radius 1 is 1.60 bits per heavy atom. The van der Waals surface area contributed by atoms with Crippen LogP contribution < -0.4 is 5.32 Å². The van der Waals surface area contributed by atoms with Crippen molar-refractivity contribution in [3.8, 4) is 6.07 Å². The number of aryl methyl sites for hydroxylation is 1. The van der Waals surface area contributed by atoms with Gasteiger partial charge in [-0.2, -0.15) is 5.26 Å². The van der Waals surface area contributed by atoms with Crippen LogP contribution in [0.3, 0.4) is 0 Å². The van der Waals surface area contributed by atoms with E-state index in [1.807, 2.05) is 19.9 Å². The third-order valence-corrected chi connectivity index (χ3v) is 2.16. The highest BCUT2D eigenvalue weighted by Gasteiger charge is 2.19. The van der Waals surface area contributed by atoms with Crippen LogP contribution >= 0.6 is 0 Å². The molecule has 0 radical (unpaired) electrons. The quantitative estimate of drug-likeness (QED) is 0.820. The molecule has 0 aliphatic carbocycles. The van der Waals surface area contributed by atoms with E-state index in [4.69, 9.17) is 9.68 Å². The predicted molar refractivity (Wildman–Crippen MR) is 55.2 cm³/mol. The number of nitrogens with one attached hydrogen (secondary N) is 1. The second-order valence-corrected chi connectivity index (χ2v) is 3.76. The molecule has 0 fully saturated rings. The lowest BCUT2D eigenvalue weighted by Crippen LogP contribution is -2.37. The van der Waals surface area contributed by atoms with Crippen LogP contribution in [-0.2, 0) is 0 Å². The number of rotatable bonds is 3. The summed E-state index contributed by atoms with van der Waals surface area (Å²) in [5.41, 5.74) is 0.771. The van der Waals surface area contributed by atoms with Crippen LogP contribution in [0, 0.1) is 24.2 Å². The number of nitriles is 1. The zero-order valence-corrected chi connectivity index (χ0v) is 9.07.